The van der Waals surface area contributed by atoms with Crippen molar-refractivity contribution < 1.29 is 4.79 Å². The molecule has 0 atom stereocenters. The minimum absolute atomic E-state index is 0.0956. The molecular weight excluding hydrogens is 238 g/mol. The predicted octanol–water partition coefficient (Wildman–Crippen LogP) is 3.42. The molecule has 1 aromatic heterocycles. The van der Waals surface area contributed by atoms with Crippen LogP contribution in [0.3, 0.4) is 0 Å². The van der Waals surface area contributed by atoms with Gasteiger partial charge in [-0.25, -0.2) is 4.98 Å². The highest BCUT2D eigenvalue weighted by atomic mass is 16.1. The normalized spacial score (nSPS) is 15.1. The topological polar surface area (TPSA) is 54.0 Å². The van der Waals surface area contributed by atoms with E-state index < -0.39 is 0 Å². The largest absolute Gasteiger partial charge is 0.368 e. The standard InChI is InChI=1S/C15H23N3O/c1-11(2)17-14-8-7-13(10-16-14)18-15(19)9-6-12-4-3-5-12/h7-8,10-12H,3-6,9H2,1-2H3,(H,16,17)(H,18,19). The molecule has 0 aromatic carbocycles. The van der Waals surface area contributed by atoms with E-state index >= 15 is 0 Å². The lowest BCUT2D eigenvalue weighted by molar-refractivity contribution is -0.116. The summed E-state index contributed by atoms with van der Waals surface area (Å²) in [5.74, 6) is 1.71. The molecule has 0 radical (unpaired) electrons. The van der Waals surface area contributed by atoms with Gasteiger partial charge >= 0.3 is 0 Å². The number of hydrogen-bond donors (Lipinski definition) is 2. The van der Waals surface area contributed by atoms with Crippen molar-refractivity contribution in [3.8, 4) is 0 Å². The third-order valence-corrected chi connectivity index (χ3v) is 3.49. The maximum absolute atomic E-state index is 11.8. The van der Waals surface area contributed by atoms with Gasteiger partial charge in [0.25, 0.3) is 0 Å². The smallest absolute Gasteiger partial charge is 0.224 e. The number of carbonyl (C=O) groups excluding carboxylic acids is 1. The molecule has 0 unspecified atom stereocenters. The molecular formula is C15H23N3O. The third kappa shape index (κ3) is 4.54. The maximum atomic E-state index is 11.8. The Hall–Kier alpha value is -1.58. The molecule has 4 heteroatoms. The maximum Gasteiger partial charge on any atom is 0.224 e. The van der Waals surface area contributed by atoms with Crippen LogP contribution in [-0.2, 0) is 4.79 Å². The summed E-state index contributed by atoms with van der Waals surface area (Å²) in [6, 6.07) is 4.14. The summed E-state index contributed by atoms with van der Waals surface area (Å²) in [7, 11) is 0. The Bertz CT molecular complexity index is 410. The van der Waals surface area contributed by atoms with E-state index in [-0.39, 0.29) is 5.91 Å². The molecule has 1 amide bonds. The molecule has 2 N–H and O–H groups in total. The fourth-order valence-electron chi connectivity index (χ4n) is 2.19. The van der Waals surface area contributed by atoms with Crippen molar-refractivity contribution in [1.82, 2.24) is 4.98 Å². The van der Waals surface area contributed by atoms with Crippen LogP contribution < -0.4 is 10.6 Å². The molecule has 1 aliphatic carbocycles. The molecule has 0 spiro atoms. The summed E-state index contributed by atoms with van der Waals surface area (Å²) in [4.78, 5) is 16.0. The van der Waals surface area contributed by atoms with E-state index in [0.717, 1.165) is 23.8 Å². The first kappa shape index (κ1) is 13.8. The fourth-order valence-corrected chi connectivity index (χ4v) is 2.19. The van der Waals surface area contributed by atoms with Gasteiger partial charge in [0.2, 0.25) is 5.91 Å². The van der Waals surface area contributed by atoms with Crippen molar-refractivity contribution in [2.45, 2.75) is 52.0 Å². The Balaban J connectivity index is 1.76. The van der Waals surface area contributed by atoms with E-state index in [1.807, 2.05) is 12.1 Å². The summed E-state index contributed by atoms with van der Waals surface area (Å²) in [5.41, 5.74) is 0.771. The number of carbonyl (C=O) groups is 1. The van der Waals surface area contributed by atoms with Gasteiger partial charge in [0, 0.05) is 12.5 Å². The van der Waals surface area contributed by atoms with Crippen molar-refractivity contribution in [3.05, 3.63) is 18.3 Å². The molecule has 0 saturated heterocycles. The molecule has 0 bridgehead atoms. The van der Waals surface area contributed by atoms with Crippen molar-refractivity contribution in [3.63, 3.8) is 0 Å². The number of pyridine rings is 1. The van der Waals surface area contributed by atoms with E-state index in [1.165, 1.54) is 19.3 Å². The molecule has 0 aliphatic heterocycles. The number of rotatable bonds is 6. The van der Waals surface area contributed by atoms with Crippen LogP contribution in [-0.4, -0.2) is 16.9 Å². The van der Waals surface area contributed by atoms with Gasteiger partial charge in [-0.3, -0.25) is 4.79 Å². The lowest BCUT2D eigenvalue weighted by atomic mass is 9.82. The lowest BCUT2D eigenvalue weighted by Crippen LogP contribution is -2.17. The second-order valence-electron chi connectivity index (χ2n) is 5.61. The average Bonchev–Trinajstić information content (AvgIpc) is 2.29. The van der Waals surface area contributed by atoms with Gasteiger partial charge in [0.1, 0.15) is 5.82 Å². The first-order valence-corrected chi connectivity index (χ1v) is 7.16. The highest BCUT2D eigenvalue weighted by Gasteiger charge is 2.18. The number of amides is 1. The zero-order valence-electron chi connectivity index (χ0n) is 11.8. The second-order valence-corrected chi connectivity index (χ2v) is 5.61. The molecule has 1 saturated carbocycles. The van der Waals surface area contributed by atoms with Crippen LogP contribution in [0.2, 0.25) is 0 Å². The van der Waals surface area contributed by atoms with E-state index in [0.29, 0.717) is 12.5 Å². The van der Waals surface area contributed by atoms with Gasteiger partial charge in [0.05, 0.1) is 11.9 Å². The number of nitrogens with one attached hydrogen (secondary N) is 2. The van der Waals surface area contributed by atoms with Gasteiger partial charge in [-0.15, -0.1) is 0 Å². The zero-order chi connectivity index (χ0) is 13.7. The van der Waals surface area contributed by atoms with Crippen LogP contribution in [0.4, 0.5) is 11.5 Å². The third-order valence-electron chi connectivity index (χ3n) is 3.49. The fraction of sp³-hybridized carbons (Fsp3) is 0.600. The predicted molar refractivity (Wildman–Crippen MR) is 78.2 cm³/mol. The summed E-state index contributed by atoms with van der Waals surface area (Å²) in [6.07, 6.45) is 7.27. The summed E-state index contributed by atoms with van der Waals surface area (Å²) < 4.78 is 0. The number of hydrogen-bond acceptors (Lipinski definition) is 3. The van der Waals surface area contributed by atoms with Crippen molar-refractivity contribution in [2.75, 3.05) is 10.6 Å². The zero-order valence-corrected chi connectivity index (χ0v) is 11.8. The minimum Gasteiger partial charge on any atom is -0.368 e. The minimum atomic E-state index is 0.0956. The highest BCUT2D eigenvalue weighted by Crippen LogP contribution is 2.30. The SMILES string of the molecule is CC(C)Nc1ccc(NC(=O)CCC2CCC2)cn1. The van der Waals surface area contributed by atoms with Gasteiger partial charge in [-0.1, -0.05) is 19.3 Å². The first-order valence-electron chi connectivity index (χ1n) is 7.16. The molecule has 1 aromatic rings. The van der Waals surface area contributed by atoms with Crippen molar-refractivity contribution >= 4 is 17.4 Å². The molecule has 1 heterocycles. The summed E-state index contributed by atoms with van der Waals surface area (Å²) in [5, 5.41) is 6.11. The van der Waals surface area contributed by atoms with Crippen LogP contribution in [0.5, 0.6) is 0 Å². The van der Waals surface area contributed by atoms with E-state index in [1.54, 1.807) is 6.20 Å². The van der Waals surface area contributed by atoms with Crippen molar-refractivity contribution in [1.29, 1.82) is 0 Å². The van der Waals surface area contributed by atoms with Crippen LogP contribution in [0, 0.1) is 5.92 Å². The Morgan fingerprint density at radius 2 is 2.21 bits per heavy atom. The average molecular weight is 261 g/mol. The van der Waals surface area contributed by atoms with Crippen LogP contribution >= 0.6 is 0 Å². The van der Waals surface area contributed by atoms with Crippen LogP contribution in [0.15, 0.2) is 18.3 Å². The Labute approximate surface area is 115 Å². The van der Waals surface area contributed by atoms with Gasteiger partial charge in [-0.2, -0.15) is 0 Å². The molecule has 2 rings (SSSR count). The molecule has 104 valence electrons. The second kappa shape index (κ2) is 6.55. The van der Waals surface area contributed by atoms with Gasteiger partial charge in [-0.05, 0) is 38.3 Å². The molecule has 1 fully saturated rings. The number of aromatic nitrogens is 1. The summed E-state index contributed by atoms with van der Waals surface area (Å²) in [6.45, 7) is 4.13. The van der Waals surface area contributed by atoms with Gasteiger partial charge < -0.3 is 10.6 Å². The lowest BCUT2D eigenvalue weighted by Gasteiger charge is -2.24. The van der Waals surface area contributed by atoms with Gasteiger partial charge in [0.15, 0.2) is 0 Å². The Kier molecular flexibility index (Phi) is 4.77. The Morgan fingerprint density at radius 1 is 1.42 bits per heavy atom. The summed E-state index contributed by atoms with van der Waals surface area (Å²) >= 11 is 0. The number of anilines is 2. The van der Waals surface area contributed by atoms with E-state index in [2.05, 4.69) is 29.5 Å². The molecule has 1 aliphatic rings. The first-order chi connectivity index (χ1) is 9.13. The molecule has 19 heavy (non-hydrogen) atoms. The van der Waals surface area contributed by atoms with Crippen molar-refractivity contribution in [2.24, 2.45) is 5.92 Å². The monoisotopic (exact) mass is 261 g/mol. The molecule has 4 nitrogen and oxygen atoms in total. The number of nitrogens with zero attached hydrogens (tertiary/aromatic N) is 1. The van der Waals surface area contributed by atoms with E-state index in [9.17, 15) is 4.79 Å². The van der Waals surface area contributed by atoms with E-state index in [4.69, 9.17) is 0 Å². The highest BCUT2D eigenvalue weighted by molar-refractivity contribution is 5.90. The Morgan fingerprint density at radius 3 is 2.74 bits per heavy atom. The van der Waals surface area contributed by atoms with Crippen LogP contribution in [0.1, 0.15) is 46.0 Å². The quantitative estimate of drug-likeness (QED) is 0.825. The van der Waals surface area contributed by atoms with Crippen LogP contribution in [0.25, 0.3) is 0 Å².